The Morgan fingerprint density at radius 1 is 1.00 bits per heavy atom. The number of para-hydroxylation sites is 1. The highest BCUT2D eigenvalue weighted by Gasteiger charge is 2.23. The van der Waals surface area contributed by atoms with E-state index in [0.717, 1.165) is 58.4 Å². The summed E-state index contributed by atoms with van der Waals surface area (Å²) in [6, 6.07) is 25.2. The number of hydrogen-bond acceptors (Lipinski definition) is 5. The molecular formula is C33H37N3O3S. The van der Waals surface area contributed by atoms with Crippen molar-refractivity contribution in [1.82, 2.24) is 10.3 Å². The zero-order valence-corrected chi connectivity index (χ0v) is 24.2. The van der Waals surface area contributed by atoms with Gasteiger partial charge in [0.15, 0.2) is 0 Å². The van der Waals surface area contributed by atoms with Gasteiger partial charge in [-0.25, -0.2) is 9.78 Å². The van der Waals surface area contributed by atoms with Gasteiger partial charge in [0.05, 0.1) is 5.52 Å². The Hall–Kier alpha value is -3.84. The van der Waals surface area contributed by atoms with Crippen molar-refractivity contribution >= 4 is 40.4 Å². The minimum atomic E-state index is -1.02. The minimum absolute atomic E-state index is 0.366. The Morgan fingerprint density at radius 2 is 1.77 bits per heavy atom. The van der Waals surface area contributed by atoms with Gasteiger partial charge in [-0.2, -0.15) is 11.8 Å². The van der Waals surface area contributed by atoms with Crippen LogP contribution in [0.5, 0.6) is 0 Å². The molecule has 6 nitrogen and oxygen atoms in total. The maximum atomic E-state index is 13.4. The predicted molar refractivity (Wildman–Crippen MR) is 166 cm³/mol. The molecule has 4 aromatic rings. The molecule has 0 saturated heterocycles. The topological polar surface area (TPSA) is 82.5 Å². The monoisotopic (exact) mass is 555 g/mol. The Labute approximate surface area is 240 Å². The first kappa shape index (κ1) is 29.2. The number of rotatable bonds is 13. The number of aromatic nitrogens is 1. The standard InChI is InChI=1S/C33H37N3O3S/c1-4-5-19-36(31-17-15-25-11-7-9-13-29(25)34-31)22-24-14-16-27(28(21-24)26-12-8-6-10-23(26)2)32(37)35-30(33(38)39)18-20-40-3/h6-17,21,30H,4-5,18-20,22H2,1-3H3,(H,35,37)(H,38,39). The summed E-state index contributed by atoms with van der Waals surface area (Å²) >= 11 is 1.56. The Morgan fingerprint density at radius 3 is 2.52 bits per heavy atom. The van der Waals surface area contributed by atoms with Crippen LogP contribution in [-0.4, -0.2) is 46.6 Å². The summed E-state index contributed by atoms with van der Waals surface area (Å²) in [5, 5.41) is 13.5. The van der Waals surface area contributed by atoms with Crippen molar-refractivity contribution in [1.29, 1.82) is 0 Å². The second-order valence-corrected chi connectivity index (χ2v) is 11.0. The van der Waals surface area contributed by atoms with Gasteiger partial charge in [-0.15, -0.1) is 0 Å². The fourth-order valence-corrected chi connectivity index (χ4v) is 5.26. The molecule has 208 valence electrons. The first-order chi connectivity index (χ1) is 19.4. The number of thioether (sulfide) groups is 1. The molecule has 2 N–H and O–H groups in total. The lowest BCUT2D eigenvalue weighted by Gasteiger charge is -2.25. The molecule has 0 fully saturated rings. The van der Waals surface area contributed by atoms with Crippen molar-refractivity contribution in [2.45, 2.75) is 45.7 Å². The molecule has 4 rings (SSSR count). The van der Waals surface area contributed by atoms with Gasteiger partial charge in [0.1, 0.15) is 11.9 Å². The molecule has 0 saturated carbocycles. The molecule has 1 heterocycles. The van der Waals surface area contributed by atoms with Crippen LogP contribution in [0.15, 0.2) is 78.9 Å². The van der Waals surface area contributed by atoms with Crippen LogP contribution < -0.4 is 10.2 Å². The number of carboxylic acids is 1. The van der Waals surface area contributed by atoms with E-state index in [1.54, 1.807) is 11.8 Å². The zero-order valence-electron chi connectivity index (χ0n) is 23.4. The normalized spacial score (nSPS) is 11.8. The maximum absolute atomic E-state index is 13.4. The fourth-order valence-electron chi connectivity index (χ4n) is 4.79. The molecule has 3 aromatic carbocycles. The lowest BCUT2D eigenvalue weighted by molar-refractivity contribution is -0.139. The van der Waals surface area contributed by atoms with E-state index >= 15 is 0 Å². The van der Waals surface area contributed by atoms with Crippen LogP contribution >= 0.6 is 11.8 Å². The Balaban J connectivity index is 1.70. The van der Waals surface area contributed by atoms with Crippen LogP contribution in [0.25, 0.3) is 22.0 Å². The lowest BCUT2D eigenvalue weighted by Crippen LogP contribution is -2.41. The van der Waals surface area contributed by atoms with E-state index in [2.05, 4.69) is 41.4 Å². The number of anilines is 1. The van der Waals surface area contributed by atoms with Crippen molar-refractivity contribution in [2.75, 3.05) is 23.5 Å². The third kappa shape index (κ3) is 7.21. The average Bonchev–Trinajstić information content (AvgIpc) is 2.97. The molecule has 1 amide bonds. The van der Waals surface area contributed by atoms with Crippen LogP contribution in [0.1, 0.15) is 47.7 Å². The Bertz CT molecular complexity index is 1470. The van der Waals surface area contributed by atoms with Crippen LogP contribution in [0.3, 0.4) is 0 Å². The molecule has 1 atom stereocenters. The average molecular weight is 556 g/mol. The van der Waals surface area contributed by atoms with E-state index < -0.39 is 12.0 Å². The molecule has 0 aliphatic rings. The van der Waals surface area contributed by atoms with Gasteiger partial charge < -0.3 is 15.3 Å². The number of benzene rings is 3. The van der Waals surface area contributed by atoms with Crippen LogP contribution in [0, 0.1) is 6.92 Å². The van der Waals surface area contributed by atoms with Crippen molar-refractivity contribution < 1.29 is 14.7 Å². The summed E-state index contributed by atoms with van der Waals surface area (Å²) in [6.07, 6.45) is 4.39. The summed E-state index contributed by atoms with van der Waals surface area (Å²) in [6.45, 7) is 5.70. The van der Waals surface area contributed by atoms with Gasteiger partial charge in [0, 0.05) is 24.0 Å². The van der Waals surface area contributed by atoms with Gasteiger partial charge >= 0.3 is 5.97 Å². The molecule has 0 bridgehead atoms. The largest absolute Gasteiger partial charge is 0.480 e. The van der Waals surface area contributed by atoms with Gasteiger partial charge in [-0.3, -0.25) is 4.79 Å². The van der Waals surface area contributed by atoms with E-state index in [-0.39, 0.29) is 5.91 Å². The zero-order chi connectivity index (χ0) is 28.5. The molecule has 0 radical (unpaired) electrons. The maximum Gasteiger partial charge on any atom is 0.326 e. The lowest BCUT2D eigenvalue weighted by atomic mass is 9.93. The van der Waals surface area contributed by atoms with E-state index in [1.807, 2.05) is 67.8 Å². The second kappa shape index (κ2) is 14.0. The molecule has 7 heteroatoms. The number of unbranched alkanes of at least 4 members (excludes halogenated alkanes) is 1. The molecule has 1 unspecified atom stereocenters. The van der Waals surface area contributed by atoms with E-state index in [4.69, 9.17) is 4.98 Å². The van der Waals surface area contributed by atoms with Crippen molar-refractivity contribution in [3.05, 3.63) is 95.6 Å². The predicted octanol–water partition coefficient (Wildman–Crippen LogP) is 6.95. The molecule has 0 aliphatic heterocycles. The van der Waals surface area contributed by atoms with E-state index in [9.17, 15) is 14.7 Å². The highest BCUT2D eigenvalue weighted by Crippen LogP contribution is 2.30. The summed E-state index contributed by atoms with van der Waals surface area (Å²) in [5.41, 5.74) is 5.28. The number of carboxylic acid groups (broad SMARTS) is 1. The first-order valence-corrected chi connectivity index (χ1v) is 15.1. The number of amides is 1. The summed E-state index contributed by atoms with van der Waals surface area (Å²) in [4.78, 5) is 32.5. The number of nitrogens with zero attached hydrogens (tertiary/aromatic N) is 2. The third-order valence-electron chi connectivity index (χ3n) is 7.04. The van der Waals surface area contributed by atoms with Gasteiger partial charge in [0.25, 0.3) is 5.91 Å². The van der Waals surface area contributed by atoms with Crippen molar-refractivity contribution in [2.24, 2.45) is 0 Å². The summed E-state index contributed by atoms with van der Waals surface area (Å²) in [5.74, 6) is 0.171. The number of nitrogens with one attached hydrogen (secondary N) is 1. The number of pyridine rings is 1. The quantitative estimate of drug-likeness (QED) is 0.186. The number of fused-ring (bicyclic) bond motifs is 1. The van der Waals surface area contributed by atoms with Crippen molar-refractivity contribution in [3.63, 3.8) is 0 Å². The SMILES string of the molecule is CCCCN(Cc1ccc(C(=O)NC(CCSC)C(=O)O)c(-c2ccccc2C)c1)c1ccc2ccccc2n1. The minimum Gasteiger partial charge on any atom is -0.480 e. The molecule has 1 aromatic heterocycles. The van der Waals surface area contributed by atoms with Crippen molar-refractivity contribution in [3.8, 4) is 11.1 Å². The smallest absolute Gasteiger partial charge is 0.326 e. The van der Waals surface area contributed by atoms with Crippen LogP contribution in [0.4, 0.5) is 5.82 Å². The highest BCUT2D eigenvalue weighted by molar-refractivity contribution is 7.98. The number of carbonyl (C=O) groups is 2. The Kier molecular flexibility index (Phi) is 10.2. The van der Waals surface area contributed by atoms with Crippen LogP contribution in [-0.2, 0) is 11.3 Å². The van der Waals surface area contributed by atoms with Gasteiger partial charge in [-0.1, -0.05) is 61.9 Å². The number of aliphatic carboxylic acids is 1. The first-order valence-electron chi connectivity index (χ1n) is 13.7. The number of hydrogen-bond donors (Lipinski definition) is 2. The molecule has 40 heavy (non-hydrogen) atoms. The number of carbonyl (C=O) groups excluding carboxylic acids is 1. The van der Waals surface area contributed by atoms with E-state index in [1.165, 1.54) is 0 Å². The van der Waals surface area contributed by atoms with E-state index in [0.29, 0.717) is 24.3 Å². The summed E-state index contributed by atoms with van der Waals surface area (Å²) < 4.78 is 0. The number of aryl methyl sites for hydroxylation is 1. The molecule has 0 spiro atoms. The van der Waals surface area contributed by atoms with Gasteiger partial charge in [0.2, 0.25) is 0 Å². The fraction of sp³-hybridized carbons (Fsp3) is 0.303. The molecular weight excluding hydrogens is 518 g/mol. The van der Waals surface area contributed by atoms with Gasteiger partial charge in [-0.05, 0) is 84.4 Å². The third-order valence-corrected chi connectivity index (χ3v) is 7.68. The summed E-state index contributed by atoms with van der Waals surface area (Å²) in [7, 11) is 0. The second-order valence-electron chi connectivity index (χ2n) is 9.98. The highest BCUT2D eigenvalue weighted by atomic mass is 32.2. The molecule has 0 aliphatic carbocycles. The van der Waals surface area contributed by atoms with Crippen LogP contribution in [0.2, 0.25) is 0 Å².